The summed E-state index contributed by atoms with van der Waals surface area (Å²) in [5, 5.41) is 0.359. The number of carbonyl (C=O) groups is 1. The van der Waals surface area contributed by atoms with Crippen molar-refractivity contribution in [1.82, 2.24) is 24.8 Å². The third-order valence-electron chi connectivity index (χ3n) is 10.2. The summed E-state index contributed by atoms with van der Waals surface area (Å²) in [5.41, 5.74) is -0.629. The lowest BCUT2D eigenvalue weighted by Crippen LogP contribution is -2.63. The summed E-state index contributed by atoms with van der Waals surface area (Å²) in [5.74, 6) is -0.234. The Labute approximate surface area is 255 Å². The number of aryl methyl sites for hydroxylation is 1. The fourth-order valence-electron chi connectivity index (χ4n) is 8.19. The number of piperazine rings is 1. The number of rotatable bonds is 5. The van der Waals surface area contributed by atoms with Crippen molar-refractivity contribution in [3.63, 3.8) is 0 Å². The van der Waals surface area contributed by atoms with Gasteiger partial charge in [0.1, 0.15) is 23.5 Å². The van der Waals surface area contributed by atoms with E-state index in [1.54, 1.807) is 27.7 Å². The second-order valence-corrected chi connectivity index (χ2v) is 14.5. The van der Waals surface area contributed by atoms with Crippen molar-refractivity contribution in [3.8, 4) is 6.01 Å². The van der Waals surface area contributed by atoms with E-state index in [-0.39, 0.29) is 34.8 Å². The molecule has 4 saturated heterocycles. The lowest BCUT2D eigenvalue weighted by molar-refractivity contribution is 0.00167. The zero-order chi connectivity index (χ0) is 31.2. The SMILES string of the molecule is C=C1CN2C3(CC3)CCC2(COc2nc(N3CC4CCC(C=C(F)F)(C3)N4C(=O)OC(C)(C)C)c3cnc(C)c(F)c3n2)C1. The highest BCUT2D eigenvalue weighted by atomic mass is 19.3. The van der Waals surface area contributed by atoms with Crippen LogP contribution in [0.15, 0.2) is 30.5 Å². The summed E-state index contributed by atoms with van der Waals surface area (Å²) in [7, 11) is 0. The van der Waals surface area contributed by atoms with Gasteiger partial charge < -0.3 is 14.4 Å². The van der Waals surface area contributed by atoms with Gasteiger partial charge in [-0.25, -0.2) is 9.18 Å². The van der Waals surface area contributed by atoms with Gasteiger partial charge in [0, 0.05) is 37.4 Å². The zero-order valence-electron chi connectivity index (χ0n) is 25.8. The van der Waals surface area contributed by atoms with Crippen molar-refractivity contribution < 1.29 is 27.4 Å². The van der Waals surface area contributed by atoms with E-state index in [1.807, 2.05) is 4.90 Å². The molecule has 5 fully saturated rings. The minimum absolute atomic E-state index is 0.0151. The number of fused-ring (bicyclic) bond motifs is 5. The molecule has 4 aliphatic heterocycles. The number of nitrogens with zero attached hydrogens (tertiary/aromatic N) is 6. The molecule has 0 N–H and O–H groups in total. The van der Waals surface area contributed by atoms with Crippen LogP contribution in [-0.4, -0.2) is 85.3 Å². The molecule has 2 aromatic rings. The molecule has 3 atom stereocenters. The first-order valence-electron chi connectivity index (χ1n) is 15.4. The minimum atomic E-state index is -1.88. The molecular weight excluding hydrogens is 573 g/mol. The van der Waals surface area contributed by atoms with Gasteiger partial charge in [-0.3, -0.25) is 14.8 Å². The van der Waals surface area contributed by atoms with Gasteiger partial charge in [0.15, 0.2) is 5.82 Å². The van der Waals surface area contributed by atoms with Gasteiger partial charge >= 0.3 is 12.1 Å². The van der Waals surface area contributed by atoms with Gasteiger partial charge in [0.25, 0.3) is 6.08 Å². The van der Waals surface area contributed by atoms with Crippen LogP contribution in [0.3, 0.4) is 0 Å². The number of halogens is 3. The largest absolute Gasteiger partial charge is 0.461 e. The van der Waals surface area contributed by atoms with E-state index < -0.39 is 35.2 Å². The van der Waals surface area contributed by atoms with E-state index in [2.05, 4.69) is 21.4 Å². The molecule has 12 heteroatoms. The van der Waals surface area contributed by atoms with Crippen LogP contribution < -0.4 is 9.64 Å². The molecule has 2 bridgehead atoms. The van der Waals surface area contributed by atoms with E-state index >= 15 is 4.39 Å². The van der Waals surface area contributed by atoms with E-state index in [0.29, 0.717) is 37.2 Å². The molecule has 44 heavy (non-hydrogen) atoms. The molecule has 1 saturated carbocycles. The van der Waals surface area contributed by atoms with Crippen LogP contribution in [0.4, 0.5) is 23.8 Å². The maximum atomic E-state index is 15.6. The zero-order valence-corrected chi connectivity index (χ0v) is 25.8. The Morgan fingerprint density at radius 1 is 1.18 bits per heavy atom. The first-order chi connectivity index (χ1) is 20.7. The van der Waals surface area contributed by atoms with Crippen LogP contribution in [0.1, 0.15) is 71.4 Å². The third kappa shape index (κ3) is 4.71. The first kappa shape index (κ1) is 29.3. The molecule has 5 aliphatic rings. The van der Waals surface area contributed by atoms with Crippen molar-refractivity contribution in [1.29, 1.82) is 0 Å². The molecule has 7 rings (SSSR count). The molecule has 1 aliphatic carbocycles. The second kappa shape index (κ2) is 9.79. The quantitative estimate of drug-likeness (QED) is 0.385. The Bertz CT molecular complexity index is 1590. The summed E-state index contributed by atoms with van der Waals surface area (Å²) >= 11 is 0. The van der Waals surface area contributed by atoms with Crippen molar-refractivity contribution in [2.45, 2.75) is 101 Å². The Hall–Kier alpha value is -3.41. The Balaban J connectivity index is 1.25. The van der Waals surface area contributed by atoms with Crippen LogP contribution in [0.5, 0.6) is 6.01 Å². The van der Waals surface area contributed by atoms with Crippen LogP contribution in [-0.2, 0) is 4.74 Å². The predicted molar refractivity (Wildman–Crippen MR) is 158 cm³/mol. The Kier molecular flexibility index (Phi) is 6.52. The summed E-state index contributed by atoms with van der Waals surface area (Å²) in [6.45, 7) is 12.6. The first-order valence-corrected chi connectivity index (χ1v) is 15.4. The van der Waals surface area contributed by atoms with E-state index in [4.69, 9.17) is 14.5 Å². The smallest absolute Gasteiger partial charge is 0.411 e. The maximum Gasteiger partial charge on any atom is 0.411 e. The number of aromatic nitrogens is 3. The van der Waals surface area contributed by atoms with Crippen molar-refractivity contribution in [2.24, 2.45) is 0 Å². The van der Waals surface area contributed by atoms with Gasteiger partial charge in [-0.05, 0) is 72.6 Å². The normalized spacial score (nSPS) is 29.0. The lowest BCUT2D eigenvalue weighted by atomic mass is 9.94. The number of hydrogen-bond acceptors (Lipinski definition) is 8. The van der Waals surface area contributed by atoms with Gasteiger partial charge in [0.05, 0.1) is 28.2 Å². The fourth-order valence-corrected chi connectivity index (χ4v) is 8.19. The molecule has 9 nitrogen and oxygen atoms in total. The lowest BCUT2D eigenvalue weighted by Gasteiger charge is -2.47. The van der Waals surface area contributed by atoms with E-state index in [0.717, 1.165) is 31.9 Å². The topological polar surface area (TPSA) is 83.9 Å². The maximum absolute atomic E-state index is 15.6. The minimum Gasteiger partial charge on any atom is -0.461 e. The molecular formula is C32H39F3N6O3. The Morgan fingerprint density at radius 3 is 2.64 bits per heavy atom. The summed E-state index contributed by atoms with van der Waals surface area (Å²) < 4.78 is 55.5. The van der Waals surface area contributed by atoms with Crippen LogP contribution in [0.2, 0.25) is 0 Å². The number of pyridine rings is 1. The van der Waals surface area contributed by atoms with Gasteiger partial charge in [-0.1, -0.05) is 12.2 Å². The third-order valence-corrected chi connectivity index (χ3v) is 10.2. The van der Waals surface area contributed by atoms with Gasteiger partial charge in [-0.15, -0.1) is 0 Å². The molecule has 6 heterocycles. The van der Waals surface area contributed by atoms with Crippen LogP contribution in [0.25, 0.3) is 10.9 Å². The summed E-state index contributed by atoms with van der Waals surface area (Å²) in [4.78, 5) is 32.7. The number of anilines is 1. The Morgan fingerprint density at radius 2 is 1.93 bits per heavy atom. The number of amides is 1. The molecule has 0 radical (unpaired) electrons. The van der Waals surface area contributed by atoms with Crippen LogP contribution >= 0.6 is 0 Å². The predicted octanol–water partition coefficient (Wildman–Crippen LogP) is 5.92. The standard InChI is InChI=1S/C32H39F3N6O3/c1-19-12-32(11-10-30(8-9-30)40(32)15-19)18-43-27-37-25-22(14-36-20(2)24(25)35)26(38-27)39-16-21-6-7-31(17-39,13-23(33)34)41(21)28(42)44-29(3,4)5/h13-14,21H,1,6-12,15-18H2,2-5H3. The second-order valence-electron chi connectivity index (χ2n) is 14.5. The summed E-state index contributed by atoms with van der Waals surface area (Å²) in [6.07, 6.45) is 5.99. The van der Waals surface area contributed by atoms with Gasteiger partial charge in [-0.2, -0.15) is 18.7 Å². The fraction of sp³-hybridized carbons (Fsp3) is 0.625. The highest BCUT2D eigenvalue weighted by molar-refractivity contribution is 5.90. The highest BCUT2D eigenvalue weighted by Crippen LogP contribution is 2.59. The van der Waals surface area contributed by atoms with Gasteiger partial charge in [0.2, 0.25) is 0 Å². The van der Waals surface area contributed by atoms with E-state index in [9.17, 15) is 13.6 Å². The molecule has 1 amide bonds. The van der Waals surface area contributed by atoms with Crippen molar-refractivity contribution >= 4 is 22.8 Å². The average molecular weight is 613 g/mol. The highest BCUT2D eigenvalue weighted by Gasteiger charge is 2.63. The monoisotopic (exact) mass is 612 g/mol. The van der Waals surface area contributed by atoms with Crippen molar-refractivity contribution in [3.05, 3.63) is 42.0 Å². The average Bonchev–Trinajstić information content (AvgIpc) is 3.50. The molecule has 3 unspecified atom stereocenters. The number of hydrogen-bond donors (Lipinski definition) is 0. The molecule has 236 valence electrons. The number of ether oxygens (including phenoxy) is 2. The van der Waals surface area contributed by atoms with E-state index in [1.165, 1.54) is 29.5 Å². The molecule has 0 aromatic carbocycles. The van der Waals surface area contributed by atoms with Crippen LogP contribution in [0, 0.1) is 12.7 Å². The molecule has 2 aromatic heterocycles. The molecule has 1 spiro atoms. The summed E-state index contributed by atoms with van der Waals surface area (Å²) in [6, 6.07) is -0.388. The van der Waals surface area contributed by atoms with Crippen molar-refractivity contribution in [2.75, 3.05) is 31.1 Å². The number of carbonyl (C=O) groups excluding carboxylic acids is 1.